The Balaban J connectivity index is 4.57. The second-order valence-corrected chi connectivity index (χ2v) is 10.0. The Kier molecular flexibility index (Phi) is 17.2. The third-order valence-electron chi connectivity index (χ3n) is 5.09. The number of unbranched alkanes of at least 4 members (excludes halogenated alkanes) is 12. The van der Waals surface area contributed by atoms with E-state index in [1.165, 1.54) is 38.5 Å². The van der Waals surface area contributed by atoms with Gasteiger partial charge >= 0.3 is 20.8 Å². The van der Waals surface area contributed by atoms with Crippen molar-refractivity contribution in [3.05, 3.63) is 0 Å². The Labute approximate surface area is 184 Å². The molecule has 0 spiro atoms. The minimum atomic E-state index is -4.78. The van der Waals surface area contributed by atoms with Crippen LogP contribution in [0.15, 0.2) is 0 Å². The molecule has 2 N–H and O–H groups in total. The van der Waals surface area contributed by atoms with E-state index in [1.54, 1.807) is 0 Å². The molecule has 0 aromatic carbocycles. The van der Waals surface area contributed by atoms with Gasteiger partial charge in [-0.3, -0.25) is 9.11 Å². The van der Waals surface area contributed by atoms with Crippen LogP contribution in [0.25, 0.3) is 0 Å². The summed E-state index contributed by atoms with van der Waals surface area (Å²) in [5.74, 6) is 0. The fourth-order valence-electron chi connectivity index (χ4n) is 3.51. The van der Waals surface area contributed by atoms with Crippen molar-refractivity contribution in [2.45, 2.75) is 129 Å². The molecule has 0 aromatic heterocycles. The maximum absolute atomic E-state index is 11.2. The molecule has 182 valence electrons. The monoisotopic (exact) mass is 474 g/mol. The molecule has 2 unspecified atom stereocenters. The van der Waals surface area contributed by atoms with Crippen LogP contribution in [-0.4, -0.2) is 38.1 Å². The van der Waals surface area contributed by atoms with E-state index in [0.29, 0.717) is 12.8 Å². The highest BCUT2D eigenvalue weighted by Crippen LogP contribution is 2.22. The quantitative estimate of drug-likeness (QED) is 0.161. The standard InChI is InChI=1S/C20H42O8S2/c1-3-5-7-9-10-11-12-13-14-16-18-20(28-30(24,25)26)19(27-29(21,22)23)17-15-8-6-4-2/h19-20H,3-18H2,1-2H3,(H,21,22,23)(H,24,25,26). The van der Waals surface area contributed by atoms with Crippen molar-refractivity contribution in [1.29, 1.82) is 0 Å². The molecule has 2 atom stereocenters. The average Bonchev–Trinajstić information content (AvgIpc) is 2.63. The zero-order valence-corrected chi connectivity index (χ0v) is 20.3. The topological polar surface area (TPSA) is 127 Å². The lowest BCUT2D eigenvalue weighted by Crippen LogP contribution is -2.35. The maximum atomic E-state index is 11.2. The third kappa shape index (κ3) is 19.7. The lowest BCUT2D eigenvalue weighted by atomic mass is 10.00. The van der Waals surface area contributed by atoms with Gasteiger partial charge in [0, 0.05) is 0 Å². The molecule has 0 saturated carbocycles. The largest absolute Gasteiger partial charge is 0.397 e. The van der Waals surface area contributed by atoms with Crippen molar-refractivity contribution in [1.82, 2.24) is 0 Å². The first-order valence-electron chi connectivity index (χ1n) is 11.4. The van der Waals surface area contributed by atoms with Gasteiger partial charge in [-0.15, -0.1) is 0 Å². The lowest BCUT2D eigenvalue weighted by Gasteiger charge is -2.24. The Bertz CT molecular complexity index is 604. The van der Waals surface area contributed by atoms with Crippen LogP contribution in [0.2, 0.25) is 0 Å². The Morgan fingerprint density at radius 2 is 0.800 bits per heavy atom. The van der Waals surface area contributed by atoms with Gasteiger partial charge in [-0.2, -0.15) is 16.8 Å². The van der Waals surface area contributed by atoms with Crippen molar-refractivity contribution < 1.29 is 34.3 Å². The van der Waals surface area contributed by atoms with E-state index in [9.17, 15) is 16.8 Å². The molecule has 0 saturated heterocycles. The number of hydrogen-bond donors (Lipinski definition) is 2. The Morgan fingerprint density at radius 3 is 1.10 bits per heavy atom. The van der Waals surface area contributed by atoms with Gasteiger partial charge in [-0.1, -0.05) is 104 Å². The van der Waals surface area contributed by atoms with Crippen LogP contribution in [0.5, 0.6) is 0 Å². The van der Waals surface area contributed by atoms with Crippen molar-refractivity contribution in [3.63, 3.8) is 0 Å². The molecule has 0 rings (SSSR count). The summed E-state index contributed by atoms with van der Waals surface area (Å²) in [6.07, 6.45) is 12.4. The van der Waals surface area contributed by atoms with E-state index in [4.69, 9.17) is 17.5 Å². The maximum Gasteiger partial charge on any atom is 0.397 e. The van der Waals surface area contributed by atoms with E-state index in [-0.39, 0.29) is 12.8 Å². The molecule has 0 aliphatic carbocycles. The van der Waals surface area contributed by atoms with Crippen LogP contribution >= 0.6 is 0 Å². The molecule has 10 heteroatoms. The first-order valence-corrected chi connectivity index (χ1v) is 14.1. The molecule has 0 bridgehead atoms. The third-order valence-corrected chi connectivity index (χ3v) is 6.07. The molecule has 0 amide bonds. The van der Waals surface area contributed by atoms with Gasteiger partial charge in [0.25, 0.3) is 0 Å². The Morgan fingerprint density at radius 1 is 0.533 bits per heavy atom. The van der Waals surface area contributed by atoms with Crippen molar-refractivity contribution in [3.8, 4) is 0 Å². The van der Waals surface area contributed by atoms with Crippen LogP contribution in [-0.2, 0) is 29.2 Å². The van der Waals surface area contributed by atoms with Gasteiger partial charge in [-0.05, 0) is 12.8 Å². The van der Waals surface area contributed by atoms with Crippen molar-refractivity contribution in [2.24, 2.45) is 0 Å². The predicted molar refractivity (Wildman–Crippen MR) is 118 cm³/mol. The highest BCUT2D eigenvalue weighted by atomic mass is 32.3. The van der Waals surface area contributed by atoms with Gasteiger partial charge in [-0.25, -0.2) is 8.37 Å². The molecular formula is C20H42O8S2. The van der Waals surface area contributed by atoms with E-state index in [0.717, 1.165) is 38.5 Å². The van der Waals surface area contributed by atoms with E-state index in [2.05, 4.69) is 6.92 Å². The predicted octanol–water partition coefficient (Wildman–Crippen LogP) is 5.64. The summed E-state index contributed by atoms with van der Waals surface area (Å²) in [6, 6.07) is 0. The summed E-state index contributed by atoms with van der Waals surface area (Å²) in [7, 11) is -9.55. The second kappa shape index (κ2) is 17.3. The van der Waals surface area contributed by atoms with Crippen LogP contribution in [0, 0.1) is 0 Å². The molecule has 0 fully saturated rings. The average molecular weight is 475 g/mol. The van der Waals surface area contributed by atoms with Gasteiger partial charge in [0.05, 0.1) is 0 Å². The summed E-state index contributed by atoms with van der Waals surface area (Å²) in [5.41, 5.74) is 0. The fourth-order valence-corrected chi connectivity index (χ4v) is 4.57. The number of hydrogen-bond acceptors (Lipinski definition) is 6. The van der Waals surface area contributed by atoms with E-state index in [1.807, 2.05) is 6.92 Å². The molecule has 30 heavy (non-hydrogen) atoms. The van der Waals surface area contributed by atoms with Crippen LogP contribution < -0.4 is 0 Å². The van der Waals surface area contributed by atoms with Crippen molar-refractivity contribution in [2.75, 3.05) is 0 Å². The molecule has 8 nitrogen and oxygen atoms in total. The van der Waals surface area contributed by atoms with Gasteiger partial charge in [0.1, 0.15) is 12.2 Å². The van der Waals surface area contributed by atoms with Crippen LogP contribution in [0.4, 0.5) is 0 Å². The molecule has 0 aliphatic rings. The lowest BCUT2D eigenvalue weighted by molar-refractivity contribution is 0.0332. The highest BCUT2D eigenvalue weighted by Gasteiger charge is 2.30. The van der Waals surface area contributed by atoms with Gasteiger partial charge in [0.15, 0.2) is 0 Å². The summed E-state index contributed by atoms with van der Waals surface area (Å²) in [4.78, 5) is 0. The molecule has 0 aromatic rings. The Hall–Kier alpha value is -0.260. The molecule has 0 aliphatic heterocycles. The fraction of sp³-hybridized carbons (Fsp3) is 1.00. The minimum absolute atomic E-state index is 0.206. The normalized spacial score (nSPS) is 14.7. The van der Waals surface area contributed by atoms with Crippen molar-refractivity contribution >= 4 is 20.8 Å². The van der Waals surface area contributed by atoms with E-state index < -0.39 is 33.0 Å². The zero-order valence-electron chi connectivity index (χ0n) is 18.6. The molecule has 0 radical (unpaired) electrons. The smallest absolute Gasteiger partial charge is 0.264 e. The first kappa shape index (κ1) is 29.7. The van der Waals surface area contributed by atoms with Gasteiger partial charge < -0.3 is 0 Å². The summed E-state index contributed by atoms with van der Waals surface area (Å²) in [6.45, 7) is 4.22. The molecule has 0 heterocycles. The zero-order chi connectivity index (χ0) is 22.9. The summed E-state index contributed by atoms with van der Waals surface area (Å²) in [5, 5.41) is 0. The summed E-state index contributed by atoms with van der Waals surface area (Å²) >= 11 is 0. The first-order chi connectivity index (χ1) is 14.1. The number of rotatable bonds is 21. The van der Waals surface area contributed by atoms with Crippen LogP contribution in [0.1, 0.15) is 117 Å². The highest BCUT2D eigenvalue weighted by molar-refractivity contribution is 7.81. The second-order valence-electron chi connectivity index (χ2n) is 7.94. The van der Waals surface area contributed by atoms with Crippen LogP contribution in [0.3, 0.4) is 0 Å². The summed E-state index contributed by atoms with van der Waals surface area (Å²) < 4.78 is 72.5. The SMILES string of the molecule is CCCCCCCCCCCCC(OS(=O)(=O)O)C(CCCCCC)OS(=O)(=O)O. The van der Waals surface area contributed by atoms with E-state index >= 15 is 0 Å². The van der Waals surface area contributed by atoms with Gasteiger partial charge in [0.2, 0.25) is 0 Å². The molecular weight excluding hydrogens is 432 g/mol. The minimum Gasteiger partial charge on any atom is -0.264 e.